The van der Waals surface area contributed by atoms with E-state index in [-0.39, 0.29) is 11.6 Å². The molecule has 0 radical (unpaired) electrons. The van der Waals surface area contributed by atoms with Gasteiger partial charge in [0.1, 0.15) is 11.6 Å². The highest BCUT2D eigenvalue weighted by molar-refractivity contribution is 5.76. The molecule has 1 aromatic carbocycles. The predicted molar refractivity (Wildman–Crippen MR) is 85.4 cm³/mol. The molecule has 6 heteroatoms. The molecule has 0 spiro atoms. The van der Waals surface area contributed by atoms with Crippen LogP contribution in [0, 0.1) is 17.6 Å². The van der Waals surface area contributed by atoms with Crippen molar-refractivity contribution in [2.24, 2.45) is 5.92 Å². The molecule has 4 nitrogen and oxygen atoms in total. The number of amides is 1. The largest absolute Gasteiger partial charge is 0.366 e. The SMILES string of the molecule is O=C(CCC1CCNC1)N1CCN(c2cc(F)ccc2F)CC1. The Labute approximate surface area is 135 Å². The molecule has 3 rings (SSSR count). The maximum Gasteiger partial charge on any atom is 0.222 e. The standard InChI is InChI=1S/C17H23F2N3O/c18-14-2-3-15(19)16(11-14)21-7-9-22(10-8-21)17(23)4-1-13-5-6-20-12-13/h2-3,11,13,20H,1,4-10,12H2. The van der Waals surface area contributed by atoms with E-state index in [1.165, 1.54) is 6.07 Å². The van der Waals surface area contributed by atoms with Crippen LogP contribution in [0.3, 0.4) is 0 Å². The highest BCUT2D eigenvalue weighted by Crippen LogP contribution is 2.22. The van der Waals surface area contributed by atoms with E-state index in [4.69, 9.17) is 0 Å². The number of hydrogen-bond acceptors (Lipinski definition) is 3. The average molecular weight is 323 g/mol. The molecule has 1 aromatic rings. The summed E-state index contributed by atoms with van der Waals surface area (Å²) in [5, 5.41) is 3.31. The lowest BCUT2D eigenvalue weighted by Gasteiger charge is -2.36. The maximum atomic E-state index is 13.8. The zero-order valence-corrected chi connectivity index (χ0v) is 13.2. The van der Waals surface area contributed by atoms with Crippen LogP contribution < -0.4 is 10.2 Å². The predicted octanol–water partition coefficient (Wildman–Crippen LogP) is 2.00. The van der Waals surface area contributed by atoms with Gasteiger partial charge in [0.05, 0.1) is 5.69 Å². The number of benzene rings is 1. The highest BCUT2D eigenvalue weighted by Gasteiger charge is 2.24. The summed E-state index contributed by atoms with van der Waals surface area (Å²) < 4.78 is 27.1. The van der Waals surface area contributed by atoms with Crippen molar-refractivity contribution in [3.05, 3.63) is 29.8 Å². The second kappa shape index (κ2) is 7.25. The van der Waals surface area contributed by atoms with Gasteiger partial charge < -0.3 is 15.1 Å². The van der Waals surface area contributed by atoms with Gasteiger partial charge in [-0.3, -0.25) is 4.79 Å². The molecule has 23 heavy (non-hydrogen) atoms. The van der Waals surface area contributed by atoms with Crippen molar-refractivity contribution in [1.82, 2.24) is 10.2 Å². The van der Waals surface area contributed by atoms with E-state index in [9.17, 15) is 13.6 Å². The minimum absolute atomic E-state index is 0.177. The van der Waals surface area contributed by atoms with Crippen LogP contribution in [0.2, 0.25) is 0 Å². The second-order valence-corrected chi connectivity index (χ2v) is 6.36. The molecule has 2 fully saturated rings. The molecular weight excluding hydrogens is 300 g/mol. The molecule has 1 amide bonds. The number of piperazine rings is 1. The van der Waals surface area contributed by atoms with Crippen LogP contribution in [0.4, 0.5) is 14.5 Å². The Kier molecular flexibility index (Phi) is 5.10. The van der Waals surface area contributed by atoms with Crippen LogP contribution in [0.1, 0.15) is 19.3 Å². The first-order valence-electron chi connectivity index (χ1n) is 8.32. The van der Waals surface area contributed by atoms with Gasteiger partial charge in [0.15, 0.2) is 0 Å². The summed E-state index contributed by atoms with van der Waals surface area (Å²) in [6.45, 7) is 4.28. The zero-order chi connectivity index (χ0) is 16.2. The summed E-state index contributed by atoms with van der Waals surface area (Å²) in [6.07, 6.45) is 2.67. The minimum atomic E-state index is -0.440. The van der Waals surface area contributed by atoms with Crippen molar-refractivity contribution >= 4 is 11.6 Å². The lowest BCUT2D eigenvalue weighted by atomic mass is 10.0. The molecule has 1 unspecified atom stereocenters. The van der Waals surface area contributed by atoms with E-state index in [2.05, 4.69) is 5.32 Å². The van der Waals surface area contributed by atoms with Crippen LogP contribution in [-0.4, -0.2) is 50.1 Å². The Morgan fingerprint density at radius 1 is 1.22 bits per heavy atom. The Hall–Kier alpha value is -1.69. The van der Waals surface area contributed by atoms with Crippen molar-refractivity contribution in [1.29, 1.82) is 0 Å². The van der Waals surface area contributed by atoms with E-state index in [0.717, 1.165) is 38.1 Å². The number of nitrogens with one attached hydrogen (secondary N) is 1. The van der Waals surface area contributed by atoms with Gasteiger partial charge in [0.2, 0.25) is 5.91 Å². The van der Waals surface area contributed by atoms with Gasteiger partial charge in [0, 0.05) is 38.7 Å². The number of rotatable bonds is 4. The number of hydrogen-bond donors (Lipinski definition) is 1. The molecule has 0 saturated carbocycles. The average Bonchev–Trinajstić information content (AvgIpc) is 3.08. The third-order valence-electron chi connectivity index (χ3n) is 4.81. The maximum absolute atomic E-state index is 13.8. The van der Waals surface area contributed by atoms with Crippen LogP contribution in [0.25, 0.3) is 0 Å². The van der Waals surface area contributed by atoms with E-state index >= 15 is 0 Å². The summed E-state index contributed by atoms with van der Waals surface area (Å²) >= 11 is 0. The normalized spacial score (nSPS) is 21.7. The fourth-order valence-electron chi connectivity index (χ4n) is 3.37. The van der Waals surface area contributed by atoms with E-state index in [0.29, 0.717) is 38.5 Å². The van der Waals surface area contributed by atoms with Gasteiger partial charge in [-0.1, -0.05) is 0 Å². The molecule has 0 bridgehead atoms. The van der Waals surface area contributed by atoms with Crippen molar-refractivity contribution in [2.75, 3.05) is 44.2 Å². The van der Waals surface area contributed by atoms with Gasteiger partial charge >= 0.3 is 0 Å². The highest BCUT2D eigenvalue weighted by atomic mass is 19.1. The monoisotopic (exact) mass is 323 g/mol. The number of carbonyl (C=O) groups is 1. The zero-order valence-electron chi connectivity index (χ0n) is 13.2. The van der Waals surface area contributed by atoms with Gasteiger partial charge in [-0.25, -0.2) is 8.78 Å². The van der Waals surface area contributed by atoms with Crippen molar-refractivity contribution < 1.29 is 13.6 Å². The molecule has 0 aromatic heterocycles. The Bertz CT molecular complexity index is 553. The van der Waals surface area contributed by atoms with Gasteiger partial charge in [-0.15, -0.1) is 0 Å². The molecular formula is C17H23F2N3O. The van der Waals surface area contributed by atoms with Crippen molar-refractivity contribution in [2.45, 2.75) is 19.3 Å². The molecule has 1 N–H and O–H groups in total. The molecule has 2 aliphatic rings. The smallest absolute Gasteiger partial charge is 0.222 e. The quantitative estimate of drug-likeness (QED) is 0.921. The molecule has 0 aliphatic carbocycles. The molecule has 2 heterocycles. The Morgan fingerprint density at radius 2 is 2.00 bits per heavy atom. The molecule has 2 saturated heterocycles. The van der Waals surface area contributed by atoms with Gasteiger partial charge in [-0.2, -0.15) is 0 Å². The summed E-state index contributed by atoms with van der Waals surface area (Å²) in [7, 11) is 0. The lowest BCUT2D eigenvalue weighted by Crippen LogP contribution is -2.49. The number of nitrogens with zero attached hydrogens (tertiary/aromatic N) is 2. The molecule has 126 valence electrons. The Balaban J connectivity index is 1.49. The van der Waals surface area contributed by atoms with Crippen molar-refractivity contribution in [3.63, 3.8) is 0 Å². The minimum Gasteiger partial charge on any atom is -0.366 e. The molecule has 2 aliphatic heterocycles. The molecule has 1 atom stereocenters. The van der Waals surface area contributed by atoms with Gasteiger partial charge in [0.25, 0.3) is 0 Å². The first-order chi connectivity index (χ1) is 11.1. The van der Waals surface area contributed by atoms with Crippen LogP contribution in [-0.2, 0) is 4.79 Å². The summed E-state index contributed by atoms with van der Waals surface area (Å²) in [5.74, 6) is -0.0668. The van der Waals surface area contributed by atoms with Gasteiger partial charge in [-0.05, 0) is 44.0 Å². The fourth-order valence-corrected chi connectivity index (χ4v) is 3.37. The topological polar surface area (TPSA) is 35.6 Å². The van der Waals surface area contributed by atoms with Crippen LogP contribution in [0.15, 0.2) is 18.2 Å². The first kappa shape index (κ1) is 16.2. The summed E-state index contributed by atoms with van der Waals surface area (Å²) in [4.78, 5) is 15.9. The number of carbonyl (C=O) groups excluding carboxylic acids is 1. The first-order valence-corrected chi connectivity index (χ1v) is 8.32. The van der Waals surface area contributed by atoms with Crippen molar-refractivity contribution in [3.8, 4) is 0 Å². The van der Waals surface area contributed by atoms with E-state index in [1.807, 2.05) is 9.80 Å². The number of halogens is 2. The second-order valence-electron chi connectivity index (χ2n) is 6.36. The fraction of sp³-hybridized carbons (Fsp3) is 0.588. The summed E-state index contributed by atoms with van der Waals surface area (Å²) in [6, 6.07) is 3.49. The van der Waals surface area contributed by atoms with E-state index in [1.54, 1.807) is 0 Å². The Morgan fingerprint density at radius 3 is 2.70 bits per heavy atom. The number of anilines is 1. The van der Waals surface area contributed by atoms with Crippen LogP contribution >= 0.6 is 0 Å². The van der Waals surface area contributed by atoms with E-state index < -0.39 is 11.6 Å². The van der Waals surface area contributed by atoms with Crippen LogP contribution in [0.5, 0.6) is 0 Å². The summed E-state index contributed by atoms with van der Waals surface area (Å²) in [5.41, 5.74) is 0.286. The third kappa shape index (κ3) is 3.99. The lowest BCUT2D eigenvalue weighted by molar-refractivity contribution is -0.131. The third-order valence-corrected chi connectivity index (χ3v) is 4.81.